The maximum Gasteiger partial charge on any atom is 0.573 e. The number of hydrogen-bond donors (Lipinski definition) is 2. The van der Waals surface area contributed by atoms with Crippen molar-refractivity contribution in [3.05, 3.63) is 24.0 Å². The van der Waals surface area contributed by atoms with E-state index < -0.39 is 17.9 Å². The van der Waals surface area contributed by atoms with Gasteiger partial charge in [-0.25, -0.2) is 4.39 Å². The van der Waals surface area contributed by atoms with Crippen LogP contribution in [0.2, 0.25) is 0 Å². The van der Waals surface area contributed by atoms with E-state index in [1.54, 1.807) is 0 Å². The Morgan fingerprint density at radius 2 is 1.93 bits per heavy atom. The van der Waals surface area contributed by atoms with Crippen LogP contribution in [0.4, 0.5) is 23.2 Å². The zero-order chi connectivity index (χ0) is 10.8. The smallest absolute Gasteiger partial charge is 0.406 e. The number of benzene rings is 1. The Balaban J connectivity index is 2.87. The molecule has 14 heavy (non-hydrogen) atoms. The van der Waals surface area contributed by atoms with Crippen molar-refractivity contribution >= 4 is 5.69 Å². The minimum Gasteiger partial charge on any atom is -0.406 e. The van der Waals surface area contributed by atoms with E-state index in [1.807, 2.05) is 5.43 Å². The van der Waals surface area contributed by atoms with Gasteiger partial charge in [-0.05, 0) is 12.1 Å². The van der Waals surface area contributed by atoms with Crippen LogP contribution in [-0.2, 0) is 0 Å². The van der Waals surface area contributed by atoms with Gasteiger partial charge < -0.3 is 10.2 Å². The van der Waals surface area contributed by atoms with Crippen LogP contribution in [0.1, 0.15) is 0 Å². The van der Waals surface area contributed by atoms with Crippen LogP contribution in [0.3, 0.4) is 0 Å². The van der Waals surface area contributed by atoms with Crippen molar-refractivity contribution in [2.75, 3.05) is 5.43 Å². The molecule has 1 aromatic carbocycles. The van der Waals surface area contributed by atoms with E-state index in [9.17, 15) is 17.6 Å². The normalized spacial score (nSPS) is 11.2. The molecule has 7 heteroatoms. The lowest BCUT2D eigenvalue weighted by Gasteiger charge is -2.09. The van der Waals surface area contributed by atoms with Crippen LogP contribution in [0.5, 0.6) is 5.75 Å². The predicted molar refractivity (Wildman–Crippen MR) is 40.9 cm³/mol. The minimum atomic E-state index is -4.83. The van der Waals surface area contributed by atoms with Crippen molar-refractivity contribution in [3.63, 3.8) is 0 Å². The maximum atomic E-state index is 12.8. The van der Waals surface area contributed by atoms with Gasteiger partial charge in [0.05, 0.1) is 5.69 Å². The topological polar surface area (TPSA) is 47.3 Å². The lowest BCUT2D eigenvalue weighted by atomic mass is 10.3. The van der Waals surface area contributed by atoms with Gasteiger partial charge in [-0.2, -0.15) is 0 Å². The summed E-state index contributed by atoms with van der Waals surface area (Å²) >= 11 is 0. The molecular formula is C7H6F4N2O. The average Bonchev–Trinajstić information content (AvgIpc) is 2.01. The fourth-order valence-electron chi connectivity index (χ4n) is 0.810. The zero-order valence-corrected chi connectivity index (χ0v) is 6.73. The van der Waals surface area contributed by atoms with E-state index >= 15 is 0 Å². The first-order chi connectivity index (χ1) is 6.42. The molecule has 78 valence electrons. The standard InChI is InChI=1S/C7H6F4N2O/c8-5-3-4(14-7(9,10)11)1-2-6(5)13-12/h1-3,13H,12H2. The maximum absolute atomic E-state index is 12.8. The van der Waals surface area contributed by atoms with Crippen LogP contribution < -0.4 is 16.0 Å². The number of hydrazine groups is 1. The molecule has 0 aliphatic rings. The Morgan fingerprint density at radius 1 is 1.29 bits per heavy atom. The van der Waals surface area contributed by atoms with Crippen molar-refractivity contribution in [1.29, 1.82) is 0 Å². The summed E-state index contributed by atoms with van der Waals surface area (Å²) in [7, 11) is 0. The zero-order valence-electron chi connectivity index (χ0n) is 6.73. The van der Waals surface area contributed by atoms with Crippen LogP contribution in [0.15, 0.2) is 18.2 Å². The second kappa shape index (κ2) is 3.70. The number of rotatable bonds is 2. The molecule has 0 aliphatic carbocycles. The van der Waals surface area contributed by atoms with E-state index in [0.29, 0.717) is 6.07 Å². The van der Waals surface area contributed by atoms with E-state index in [2.05, 4.69) is 4.74 Å². The Hall–Kier alpha value is -1.50. The van der Waals surface area contributed by atoms with E-state index in [1.165, 1.54) is 0 Å². The molecule has 0 saturated carbocycles. The molecule has 1 rings (SSSR count). The highest BCUT2D eigenvalue weighted by molar-refractivity contribution is 5.46. The van der Waals surface area contributed by atoms with Gasteiger partial charge in [0.1, 0.15) is 5.75 Å². The highest BCUT2D eigenvalue weighted by Gasteiger charge is 2.31. The van der Waals surface area contributed by atoms with Gasteiger partial charge in [-0.15, -0.1) is 13.2 Å². The van der Waals surface area contributed by atoms with Gasteiger partial charge in [0.25, 0.3) is 0 Å². The summed E-state index contributed by atoms with van der Waals surface area (Å²) in [6.45, 7) is 0. The third-order valence-electron chi connectivity index (χ3n) is 1.33. The number of nitrogens with two attached hydrogens (primary N) is 1. The Bertz CT molecular complexity index is 326. The van der Waals surface area contributed by atoms with Crippen molar-refractivity contribution in [2.24, 2.45) is 5.84 Å². The molecule has 0 saturated heterocycles. The van der Waals surface area contributed by atoms with Crippen molar-refractivity contribution < 1.29 is 22.3 Å². The van der Waals surface area contributed by atoms with Crippen molar-refractivity contribution in [2.45, 2.75) is 6.36 Å². The fourth-order valence-corrected chi connectivity index (χ4v) is 0.810. The van der Waals surface area contributed by atoms with E-state index in [0.717, 1.165) is 12.1 Å². The molecule has 0 amide bonds. The van der Waals surface area contributed by atoms with Crippen molar-refractivity contribution in [3.8, 4) is 5.75 Å². The first kappa shape index (κ1) is 10.6. The second-order valence-electron chi connectivity index (χ2n) is 2.33. The van der Waals surface area contributed by atoms with Gasteiger partial charge >= 0.3 is 6.36 Å². The number of nitrogens with one attached hydrogen (secondary N) is 1. The highest BCUT2D eigenvalue weighted by Crippen LogP contribution is 2.25. The molecule has 0 aliphatic heterocycles. The third-order valence-corrected chi connectivity index (χ3v) is 1.33. The van der Waals surface area contributed by atoms with E-state index in [4.69, 9.17) is 5.84 Å². The molecule has 0 heterocycles. The number of hydrogen-bond acceptors (Lipinski definition) is 3. The van der Waals surface area contributed by atoms with Gasteiger partial charge in [-0.3, -0.25) is 5.84 Å². The Kier molecular flexibility index (Phi) is 2.80. The lowest BCUT2D eigenvalue weighted by Crippen LogP contribution is -2.17. The number of anilines is 1. The third kappa shape index (κ3) is 2.77. The Morgan fingerprint density at radius 3 is 2.36 bits per heavy atom. The van der Waals surface area contributed by atoms with Gasteiger partial charge in [0.2, 0.25) is 0 Å². The number of alkyl halides is 3. The summed E-state index contributed by atoms with van der Waals surface area (Å²) in [5, 5.41) is 0. The van der Waals surface area contributed by atoms with Crippen LogP contribution in [-0.4, -0.2) is 6.36 Å². The van der Waals surface area contributed by atoms with Crippen LogP contribution in [0.25, 0.3) is 0 Å². The number of halogens is 4. The molecule has 1 aromatic rings. The Labute approximate surface area is 76.4 Å². The fraction of sp³-hybridized carbons (Fsp3) is 0.143. The first-order valence-corrected chi connectivity index (χ1v) is 3.44. The van der Waals surface area contributed by atoms with Gasteiger partial charge in [0, 0.05) is 6.07 Å². The molecule has 0 atom stereocenters. The quantitative estimate of drug-likeness (QED) is 0.446. The summed E-state index contributed by atoms with van der Waals surface area (Å²) in [6, 6.07) is 2.57. The summed E-state index contributed by atoms with van der Waals surface area (Å²) in [5.74, 6) is 3.32. The van der Waals surface area contributed by atoms with E-state index in [-0.39, 0.29) is 5.69 Å². The summed E-state index contributed by atoms with van der Waals surface area (Å²) < 4.78 is 51.3. The predicted octanol–water partition coefficient (Wildman–Crippen LogP) is 2.01. The summed E-state index contributed by atoms with van der Waals surface area (Å²) in [4.78, 5) is 0. The first-order valence-electron chi connectivity index (χ1n) is 3.44. The minimum absolute atomic E-state index is 0.112. The summed E-state index contributed by atoms with van der Waals surface area (Å²) in [5.41, 5.74) is 1.86. The second-order valence-corrected chi connectivity index (χ2v) is 2.33. The van der Waals surface area contributed by atoms with Crippen molar-refractivity contribution in [1.82, 2.24) is 0 Å². The molecule has 3 N–H and O–H groups in total. The molecule has 0 bridgehead atoms. The monoisotopic (exact) mass is 210 g/mol. The number of nitrogen functional groups attached to an aromatic ring is 1. The largest absolute Gasteiger partial charge is 0.573 e. The average molecular weight is 210 g/mol. The molecule has 3 nitrogen and oxygen atoms in total. The molecule has 0 spiro atoms. The van der Waals surface area contributed by atoms with Crippen LogP contribution in [0, 0.1) is 5.82 Å². The molecule has 0 aromatic heterocycles. The lowest BCUT2D eigenvalue weighted by molar-refractivity contribution is -0.274. The number of ether oxygens (including phenoxy) is 1. The van der Waals surface area contributed by atoms with Gasteiger partial charge in [0.15, 0.2) is 5.82 Å². The molecule has 0 radical (unpaired) electrons. The molecule has 0 unspecified atom stereocenters. The molecular weight excluding hydrogens is 204 g/mol. The van der Waals surface area contributed by atoms with Crippen LogP contribution >= 0.6 is 0 Å². The molecule has 0 fully saturated rings. The van der Waals surface area contributed by atoms with Gasteiger partial charge in [-0.1, -0.05) is 0 Å². The SMILES string of the molecule is NNc1ccc(OC(F)(F)F)cc1F. The highest BCUT2D eigenvalue weighted by atomic mass is 19.4. The summed E-state index contributed by atoms with van der Waals surface area (Å²) in [6.07, 6.45) is -4.83.